The minimum absolute atomic E-state index is 0.226. The number of ether oxygens (including phenoxy) is 2. The van der Waals surface area contributed by atoms with Crippen LogP contribution in [-0.2, 0) is 25.7 Å². The highest BCUT2D eigenvalue weighted by molar-refractivity contribution is 6.05. The molecule has 0 saturated carbocycles. The van der Waals surface area contributed by atoms with Crippen LogP contribution in [0.3, 0.4) is 0 Å². The van der Waals surface area contributed by atoms with Crippen molar-refractivity contribution in [3.63, 3.8) is 0 Å². The minimum Gasteiger partial charge on any atom is -0.494 e. The Balaban J connectivity index is 1.57. The van der Waals surface area contributed by atoms with Gasteiger partial charge in [-0.05, 0) is 37.0 Å². The maximum atomic E-state index is 12.7. The number of esters is 1. The van der Waals surface area contributed by atoms with E-state index in [1.54, 1.807) is 12.1 Å². The number of methoxy groups -OCH3 is 1. The van der Waals surface area contributed by atoms with Gasteiger partial charge in [0.25, 0.3) is 5.91 Å². The molecule has 1 fully saturated rings. The zero-order valence-electron chi connectivity index (χ0n) is 15.2. The fraction of sp³-hybridized carbons (Fsp3) is 0.474. The maximum absolute atomic E-state index is 12.7. The van der Waals surface area contributed by atoms with Gasteiger partial charge in [-0.15, -0.1) is 0 Å². The number of hydrogen-bond donors (Lipinski definition) is 1. The molecule has 0 bridgehead atoms. The molecule has 0 aromatic heterocycles. The molecule has 0 aliphatic carbocycles. The number of unbranched alkanes of at least 4 members (excludes halogenated alkanes) is 1. The molecule has 0 radical (unpaired) electrons. The fourth-order valence-corrected chi connectivity index (χ4v) is 3.29. The maximum Gasteiger partial charge on any atom is 0.305 e. The van der Waals surface area contributed by atoms with E-state index in [-0.39, 0.29) is 24.2 Å². The van der Waals surface area contributed by atoms with Crippen LogP contribution >= 0.6 is 0 Å². The Morgan fingerprint density at radius 2 is 2.07 bits per heavy atom. The van der Waals surface area contributed by atoms with Crippen LogP contribution in [0, 0.1) is 0 Å². The van der Waals surface area contributed by atoms with E-state index in [1.165, 1.54) is 12.0 Å². The third kappa shape index (κ3) is 4.27. The van der Waals surface area contributed by atoms with Crippen molar-refractivity contribution >= 4 is 23.7 Å². The molecule has 1 atom stereocenters. The Kier molecular flexibility index (Phi) is 5.73. The van der Waals surface area contributed by atoms with Crippen LogP contribution in [0.4, 0.5) is 0 Å². The SMILES string of the molecule is COC(=O)CCCCOc1ccc2c(c1)C(=O)N(C1CCC(=O)NC1=O)C2. The van der Waals surface area contributed by atoms with Gasteiger partial charge in [0, 0.05) is 24.9 Å². The van der Waals surface area contributed by atoms with Crippen LogP contribution < -0.4 is 10.1 Å². The second kappa shape index (κ2) is 8.20. The molecule has 1 saturated heterocycles. The molecule has 2 heterocycles. The van der Waals surface area contributed by atoms with Crippen LogP contribution in [0.5, 0.6) is 5.75 Å². The number of rotatable bonds is 7. The summed E-state index contributed by atoms with van der Waals surface area (Å²) in [4.78, 5) is 48.6. The summed E-state index contributed by atoms with van der Waals surface area (Å²) < 4.78 is 10.2. The van der Waals surface area contributed by atoms with Crippen molar-refractivity contribution in [3.05, 3.63) is 29.3 Å². The van der Waals surface area contributed by atoms with E-state index in [0.29, 0.717) is 50.1 Å². The summed E-state index contributed by atoms with van der Waals surface area (Å²) in [5.41, 5.74) is 1.36. The summed E-state index contributed by atoms with van der Waals surface area (Å²) in [7, 11) is 1.36. The van der Waals surface area contributed by atoms with Crippen molar-refractivity contribution in [2.45, 2.75) is 44.7 Å². The first-order chi connectivity index (χ1) is 13.0. The lowest BCUT2D eigenvalue weighted by molar-refractivity contribution is -0.141. The number of carbonyl (C=O) groups excluding carboxylic acids is 4. The molecule has 8 nitrogen and oxygen atoms in total. The topological polar surface area (TPSA) is 102 Å². The van der Waals surface area contributed by atoms with Crippen molar-refractivity contribution in [1.82, 2.24) is 10.2 Å². The summed E-state index contributed by atoms with van der Waals surface area (Å²) in [6.45, 7) is 0.778. The van der Waals surface area contributed by atoms with Crippen molar-refractivity contribution < 1.29 is 28.7 Å². The lowest BCUT2D eigenvalue weighted by Gasteiger charge is -2.29. The van der Waals surface area contributed by atoms with E-state index in [9.17, 15) is 19.2 Å². The molecule has 1 aromatic rings. The average Bonchev–Trinajstić information content (AvgIpc) is 2.97. The van der Waals surface area contributed by atoms with Gasteiger partial charge in [0.15, 0.2) is 0 Å². The predicted molar refractivity (Wildman–Crippen MR) is 93.8 cm³/mol. The second-order valence-corrected chi connectivity index (χ2v) is 6.60. The Bertz CT molecular complexity index is 775. The first-order valence-electron chi connectivity index (χ1n) is 8.97. The smallest absolute Gasteiger partial charge is 0.305 e. The average molecular weight is 374 g/mol. The summed E-state index contributed by atoms with van der Waals surface area (Å²) >= 11 is 0. The zero-order chi connectivity index (χ0) is 19.4. The predicted octanol–water partition coefficient (Wildman–Crippen LogP) is 1.17. The van der Waals surface area contributed by atoms with Gasteiger partial charge in [0.2, 0.25) is 11.8 Å². The first-order valence-corrected chi connectivity index (χ1v) is 8.97. The number of piperidine rings is 1. The van der Waals surface area contributed by atoms with E-state index in [1.807, 2.05) is 6.07 Å². The molecule has 1 unspecified atom stereocenters. The summed E-state index contributed by atoms with van der Waals surface area (Å²) in [6, 6.07) is 4.68. The van der Waals surface area contributed by atoms with Crippen molar-refractivity contribution in [3.8, 4) is 5.75 Å². The Morgan fingerprint density at radius 1 is 1.26 bits per heavy atom. The van der Waals surface area contributed by atoms with Crippen LogP contribution in [0.2, 0.25) is 0 Å². The second-order valence-electron chi connectivity index (χ2n) is 6.60. The fourth-order valence-electron chi connectivity index (χ4n) is 3.29. The van der Waals surface area contributed by atoms with Gasteiger partial charge >= 0.3 is 5.97 Å². The van der Waals surface area contributed by atoms with Gasteiger partial charge in [-0.3, -0.25) is 24.5 Å². The largest absolute Gasteiger partial charge is 0.494 e. The summed E-state index contributed by atoms with van der Waals surface area (Å²) in [5.74, 6) is -0.620. The molecule has 144 valence electrons. The number of nitrogens with zero attached hydrogens (tertiary/aromatic N) is 1. The minimum atomic E-state index is -0.620. The molecule has 3 rings (SSSR count). The molecule has 0 spiro atoms. The lowest BCUT2D eigenvalue weighted by atomic mass is 10.0. The van der Waals surface area contributed by atoms with Gasteiger partial charge in [-0.25, -0.2) is 0 Å². The molecular formula is C19H22N2O6. The van der Waals surface area contributed by atoms with E-state index in [4.69, 9.17) is 4.74 Å². The van der Waals surface area contributed by atoms with E-state index < -0.39 is 11.9 Å². The highest BCUT2D eigenvalue weighted by Crippen LogP contribution is 2.30. The van der Waals surface area contributed by atoms with E-state index in [0.717, 1.165) is 5.56 Å². The van der Waals surface area contributed by atoms with E-state index >= 15 is 0 Å². The Morgan fingerprint density at radius 3 is 2.81 bits per heavy atom. The quantitative estimate of drug-likeness (QED) is 0.437. The van der Waals surface area contributed by atoms with Gasteiger partial charge in [0.1, 0.15) is 11.8 Å². The number of fused-ring (bicyclic) bond motifs is 1. The third-order valence-corrected chi connectivity index (χ3v) is 4.77. The highest BCUT2D eigenvalue weighted by Gasteiger charge is 2.39. The Hall–Kier alpha value is -2.90. The third-order valence-electron chi connectivity index (χ3n) is 4.77. The first kappa shape index (κ1) is 18.9. The van der Waals surface area contributed by atoms with Crippen molar-refractivity contribution in [1.29, 1.82) is 0 Å². The molecule has 1 N–H and O–H groups in total. The highest BCUT2D eigenvalue weighted by atomic mass is 16.5. The van der Waals surface area contributed by atoms with Crippen LogP contribution in [0.1, 0.15) is 48.0 Å². The number of nitrogens with one attached hydrogen (secondary N) is 1. The molecule has 2 aliphatic rings. The summed E-state index contributed by atoms with van der Waals surface area (Å²) in [6.07, 6.45) is 2.29. The molecule has 8 heteroatoms. The van der Waals surface area contributed by atoms with Crippen molar-refractivity contribution in [2.75, 3.05) is 13.7 Å². The molecule has 1 aromatic carbocycles. The van der Waals surface area contributed by atoms with Gasteiger partial charge in [-0.1, -0.05) is 6.07 Å². The van der Waals surface area contributed by atoms with Gasteiger partial charge in [0.05, 0.1) is 13.7 Å². The molecule has 2 aliphatic heterocycles. The monoisotopic (exact) mass is 374 g/mol. The number of amides is 3. The van der Waals surface area contributed by atoms with Crippen LogP contribution in [0.25, 0.3) is 0 Å². The number of benzene rings is 1. The molecule has 3 amide bonds. The van der Waals surface area contributed by atoms with Gasteiger partial charge < -0.3 is 14.4 Å². The summed E-state index contributed by atoms with van der Waals surface area (Å²) in [5, 5.41) is 2.29. The molecule has 27 heavy (non-hydrogen) atoms. The number of imide groups is 1. The van der Waals surface area contributed by atoms with Crippen LogP contribution in [-0.4, -0.2) is 48.3 Å². The van der Waals surface area contributed by atoms with E-state index in [2.05, 4.69) is 10.1 Å². The van der Waals surface area contributed by atoms with Crippen molar-refractivity contribution in [2.24, 2.45) is 0 Å². The standard InChI is InChI=1S/C19H22N2O6/c1-26-17(23)4-2-3-9-27-13-6-5-12-11-21(19(25)14(12)10-13)15-7-8-16(22)20-18(15)24/h5-6,10,15H,2-4,7-9,11H2,1H3,(H,20,22,24). The normalized spacial score (nSPS) is 18.9. The van der Waals surface area contributed by atoms with Crippen LogP contribution in [0.15, 0.2) is 18.2 Å². The molecular weight excluding hydrogens is 352 g/mol. The lowest BCUT2D eigenvalue weighted by Crippen LogP contribution is -2.52. The Labute approximate surface area is 156 Å². The van der Waals surface area contributed by atoms with Gasteiger partial charge in [-0.2, -0.15) is 0 Å². The zero-order valence-corrected chi connectivity index (χ0v) is 15.2. The number of carbonyl (C=O) groups is 4. The number of hydrogen-bond acceptors (Lipinski definition) is 6.